The number of aromatic nitrogens is 2. The van der Waals surface area contributed by atoms with Gasteiger partial charge in [0.1, 0.15) is 24.0 Å². The van der Waals surface area contributed by atoms with E-state index in [0.717, 1.165) is 18.2 Å². The molecule has 2 unspecified atom stereocenters. The van der Waals surface area contributed by atoms with Gasteiger partial charge in [-0.1, -0.05) is 0 Å². The van der Waals surface area contributed by atoms with Crippen LogP contribution in [0.15, 0.2) is 23.4 Å². The Kier molecular flexibility index (Phi) is 5.80. The Morgan fingerprint density at radius 2 is 1.97 bits per heavy atom. The van der Waals surface area contributed by atoms with Gasteiger partial charge < -0.3 is 15.0 Å². The molecule has 0 saturated carbocycles. The van der Waals surface area contributed by atoms with E-state index < -0.39 is 53.3 Å². The van der Waals surface area contributed by atoms with Gasteiger partial charge in [-0.3, -0.25) is 9.47 Å². The summed E-state index contributed by atoms with van der Waals surface area (Å²) in [6, 6.07) is 0.426. The minimum absolute atomic E-state index is 0.118. The summed E-state index contributed by atoms with van der Waals surface area (Å²) in [5.74, 6) is -1.66. The van der Waals surface area contributed by atoms with Gasteiger partial charge in [-0.25, -0.2) is 8.78 Å². The predicted molar refractivity (Wildman–Crippen MR) is 101 cm³/mol. The molecule has 1 aromatic carbocycles. The van der Waals surface area contributed by atoms with Gasteiger partial charge >= 0.3 is 11.3 Å². The molecule has 1 aromatic heterocycles. The number of imidazole rings is 1. The van der Waals surface area contributed by atoms with E-state index in [2.05, 4.69) is 4.98 Å². The van der Waals surface area contributed by atoms with Gasteiger partial charge in [0.2, 0.25) is 0 Å². The van der Waals surface area contributed by atoms with Gasteiger partial charge in [0.05, 0.1) is 11.4 Å². The molecule has 1 fully saturated rings. The standard InChI is InChI=1S/C19H21F5N4O2S/c1-27-15-8-28(7-13(15)26-18(27)31(2)29)14-6-12(25)16(30-17(14)19(22,23)24)10-5-9(20)3-4-11(10)21/h3-5,12,14,16-17H,6-8,25H2,1-2H3/t12-,14+,16+,17?,31?/m0/s1. The number of halogens is 5. The average molecular weight is 464 g/mol. The molecule has 3 heterocycles. The van der Waals surface area contributed by atoms with Crippen LogP contribution in [0.25, 0.3) is 0 Å². The highest BCUT2D eigenvalue weighted by Crippen LogP contribution is 2.42. The fraction of sp³-hybridized carbons (Fsp3) is 0.526. The summed E-state index contributed by atoms with van der Waals surface area (Å²) in [6.07, 6.45) is -7.07. The molecule has 2 aliphatic heterocycles. The summed E-state index contributed by atoms with van der Waals surface area (Å²) in [7, 11) is 1.67. The molecule has 31 heavy (non-hydrogen) atoms. The van der Waals surface area contributed by atoms with Crippen molar-refractivity contribution in [3.8, 4) is 0 Å². The molecular weight excluding hydrogens is 443 g/mol. The van der Waals surface area contributed by atoms with E-state index >= 15 is 0 Å². The van der Waals surface area contributed by atoms with Crippen LogP contribution in [-0.2, 0) is 36.0 Å². The first-order valence-corrected chi connectivity index (χ1v) is 11.1. The lowest BCUT2D eigenvalue weighted by Crippen LogP contribution is -2.58. The van der Waals surface area contributed by atoms with Crippen molar-refractivity contribution in [2.45, 2.75) is 55.1 Å². The molecule has 2 N–H and O–H groups in total. The number of hydrogen-bond acceptors (Lipinski definition) is 5. The molecule has 12 heteroatoms. The fourth-order valence-electron chi connectivity index (χ4n) is 4.37. The first kappa shape index (κ1) is 22.5. The normalized spacial score (nSPS) is 28.0. The smallest absolute Gasteiger partial charge is 0.416 e. The first-order valence-electron chi connectivity index (χ1n) is 9.52. The summed E-state index contributed by atoms with van der Waals surface area (Å²) in [6.45, 7) is 0.273. The Labute approximate surface area is 178 Å². The monoisotopic (exact) mass is 464 g/mol. The minimum atomic E-state index is -4.74. The number of nitrogens with two attached hydrogens (primary N) is 1. The van der Waals surface area contributed by atoms with E-state index in [4.69, 9.17) is 10.5 Å². The van der Waals surface area contributed by atoms with Crippen molar-refractivity contribution in [1.82, 2.24) is 14.5 Å². The molecule has 0 aliphatic carbocycles. The van der Waals surface area contributed by atoms with Gasteiger partial charge in [-0.15, -0.1) is 0 Å². The zero-order chi connectivity index (χ0) is 22.7. The third-order valence-corrected chi connectivity index (χ3v) is 6.70. The number of benzene rings is 1. The second kappa shape index (κ2) is 8.00. The summed E-state index contributed by atoms with van der Waals surface area (Å²) in [5.41, 5.74) is 7.00. The molecule has 0 radical (unpaired) electrons. The van der Waals surface area contributed by atoms with Crippen molar-refractivity contribution in [2.75, 3.05) is 6.26 Å². The Balaban J connectivity index is 1.61. The lowest BCUT2D eigenvalue weighted by Gasteiger charge is -2.44. The second-order valence-electron chi connectivity index (χ2n) is 7.86. The van der Waals surface area contributed by atoms with Crippen LogP contribution in [0, 0.1) is 11.6 Å². The molecule has 2 aliphatic rings. The van der Waals surface area contributed by atoms with Crippen LogP contribution in [0.3, 0.4) is 0 Å². The van der Waals surface area contributed by atoms with E-state index in [9.17, 15) is 26.5 Å². The van der Waals surface area contributed by atoms with Gasteiger partial charge in [0.25, 0.3) is 0 Å². The number of fused-ring (bicyclic) bond motifs is 1. The Morgan fingerprint density at radius 1 is 1.26 bits per heavy atom. The third kappa shape index (κ3) is 4.07. The van der Waals surface area contributed by atoms with E-state index in [0.29, 0.717) is 16.5 Å². The van der Waals surface area contributed by atoms with Crippen LogP contribution < -0.4 is 5.73 Å². The molecule has 2 aromatic rings. The van der Waals surface area contributed by atoms with Gasteiger partial charge in [-0.05, 0) is 24.6 Å². The number of nitrogens with zero attached hydrogens (tertiary/aromatic N) is 3. The summed E-state index contributed by atoms with van der Waals surface area (Å²) in [5, 5.41) is 0.357. The van der Waals surface area contributed by atoms with Crippen LogP contribution in [0.5, 0.6) is 0 Å². The zero-order valence-electron chi connectivity index (χ0n) is 16.7. The topological polar surface area (TPSA) is 79.4 Å². The lowest BCUT2D eigenvalue weighted by molar-refractivity contribution is -0.269. The number of rotatable bonds is 3. The highest BCUT2D eigenvalue weighted by molar-refractivity contribution is 7.90. The van der Waals surface area contributed by atoms with Gasteiger partial charge in [0.15, 0.2) is 6.10 Å². The van der Waals surface area contributed by atoms with Crippen LogP contribution in [0.2, 0.25) is 0 Å². The minimum Gasteiger partial charge on any atom is -0.609 e. The number of ether oxygens (including phenoxy) is 1. The van der Waals surface area contributed by atoms with Crippen LogP contribution >= 0.6 is 0 Å². The SMILES string of the molecule is Cn1c([S+](C)[O-])nc2c1CN([C@@H]1C[C@H](N)[C@@H](c3cc(F)ccc3F)OC1C(F)(F)F)C2. The molecule has 170 valence electrons. The highest BCUT2D eigenvalue weighted by Gasteiger charge is 2.54. The summed E-state index contributed by atoms with van der Waals surface area (Å²) < 4.78 is 88.3. The van der Waals surface area contributed by atoms with Crippen molar-refractivity contribution in [2.24, 2.45) is 12.8 Å². The van der Waals surface area contributed by atoms with Crippen molar-refractivity contribution in [3.63, 3.8) is 0 Å². The summed E-state index contributed by atoms with van der Waals surface area (Å²) >= 11 is -1.33. The molecule has 5 atom stereocenters. The molecule has 0 bridgehead atoms. The number of alkyl halides is 3. The maximum Gasteiger partial charge on any atom is 0.416 e. The molecule has 4 rings (SSSR count). The number of hydrogen-bond donors (Lipinski definition) is 1. The van der Waals surface area contributed by atoms with E-state index in [1.807, 2.05) is 0 Å². The van der Waals surface area contributed by atoms with Crippen molar-refractivity contribution >= 4 is 11.2 Å². The van der Waals surface area contributed by atoms with Gasteiger partial charge in [-0.2, -0.15) is 18.2 Å². The second-order valence-corrected chi connectivity index (χ2v) is 9.13. The quantitative estimate of drug-likeness (QED) is 0.558. The van der Waals surface area contributed by atoms with E-state index in [1.54, 1.807) is 16.5 Å². The Hall–Kier alpha value is -1.73. The maximum atomic E-state index is 14.2. The molecule has 1 saturated heterocycles. The summed E-state index contributed by atoms with van der Waals surface area (Å²) in [4.78, 5) is 5.87. The van der Waals surface area contributed by atoms with Crippen molar-refractivity contribution < 1.29 is 31.2 Å². The zero-order valence-corrected chi connectivity index (χ0v) is 17.5. The van der Waals surface area contributed by atoms with Crippen molar-refractivity contribution in [3.05, 3.63) is 46.8 Å². The fourth-order valence-corrected chi connectivity index (χ4v) is 5.10. The highest BCUT2D eigenvalue weighted by atomic mass is 32.2. The Morgan fingerprint density at radius 3 is 2.58 bits per heavy atom. The Bertz CT molecular complexity index is 983. The predicted octanol–water partition coefficient (Wildman–Crippen LogP) is 2.54. The molecule has 0 spiro atoms. The average Bonchev–Trinajstić information content (AvgIpc) is 3.22. The van der Waals surface area contributed by atoms with Gasteiger partial charge in [0, 0.05) is 49.0 Å². The van der Waals surface area contributed by atoms with Crippen molar-refractivity contribution in [1.29, 1.82) is 0 Å². The maximum absolute atomic E-state index is 14.2. The van der Waals surface area contributed by atoms with E-state index in [-0.39, 0.29) is 25.1 Å². The third-order valence-electron chi connectivity index (χ3n) is 5.82. The molecule has 0 amide bonds. The van der Waals surface area contributed by atoms with Crippen LogP contribution in [-0.4, -0.2) is 49.6 Å². The van der Waals surface area contributed by atoms with Crippen LogP contribution in [0.1, 0.15) is 29.5 Å². The molecule has 6 nitrogen and oxygen atoms in total. The largest absolute Gasteiger partial charge is 0.609 e. The van der Waals surface area contributed by atoms with Crippen LogP contribution in [0.4, 0.5) is 22.0 Å². The van der Waals surface area contributed by atoms with E-state index in [1.165, 1.54) is 6.26 Å². The molecular formula is C19H21F5N4O2S. The lowest BCUT2D eigenvalue weighted by atomic mass is 9.89. The first-order chi connectivity index (χ1) is 14.5.